The first-order valence-corrected chi connectivity index (χ1v) is 5.62. The van der Waals surface area contributed by atoms with Gasteiger partial charge >= 0.3 is 5.82 Å². The van der Waals surface area contributed by atoms with Gasteiger partial charge in [0.15, 0.2) is 5.02 Å². The molecule has 0 aromatic carbocycles. The van der Waals surface area contributed by atoms with Gasteiger partial charge in [0, 0.05) is 0 Å². The van der Waals surface area contributed by atoms with E-state index in [1.165, 1.54) is 6.20 Å². The highest BCUT2D eigenvalue weighted by atomic mass is 35.5. The van der Waals surface area contributed by atoms with Crippen molar-refractivity contribution in [2.45, 2.75) is 19.4 Å². The van der Waals surface area contributed by atoms with Crippen LogP contribution in [0, 0.1) is 16.0 Å². The lowest BCUT2D eigenvalue weighted by Crippen LogP contribution is -2.32. The van der Waals surface area contributed by atoms with Gasteiger partial charge in [0.25, 0.3) is 0 Å². The molecule has 1 aliphatic heterocycles. The molecule has 7 heteroatoms. The highest BCUT2D eigenvalue weighted by Crippen LogP contribution is 2.22. The monoisotopic (exact) mass is 244 g/mol. The Morgan fingerprint density at radius 3 is 3.12 bits per heavy atom. The Morgan fingerprint density at radius 2 is 2.56 bits per heavy atom. The Kier molecular flexibility index (Phi) is 3.40. The summed E-state index contributed by atoms with van der Waals surface area (Å²) in [6.07, 6.45) is 3.79. The molecule has 1 atom stereocenters. The molecule has 16 heavy (non-hydrogen) atoms. The number of nitrogens with one attached hydrogen (secondary N) is 1. The lowest BCUT2D eigenvalue weighted by molar-refractivity contribution is -0.389. The first-order valence-electron chi connectivity index (χ1n) is 5.25. The van der Waals surface area contributed by atoms with Crippen LogP contribution >= 0.6 is 11.6 Å². The van der Waals surface area contributed by atoms with Gasteiger partial charge in [-0.05, 0) is 36.8 Å². The van der Waals surface area contributed by atoms with Crippen molar-refractivity contribution in [2.24, 2.45) is 5.92 Å². The van der Waals surface area contributed by atoms with Crippen LogP contribution in [0.3, 0.4) is 0 Å². The van der Waals surface area contributed by atoms with Crippen LogP contribution in [0.4, 0.5) is 5.82 Å². The number of rotatable bonds is 3. The summed E-state index contributed by atoms with van der Waals surface area (Å²) in [7, 11) is 0. The summed E-state index contributed by atoms with van der Waals surface area (Å²) in [6.45, 7) is 2.67. The molecule has 1 N–H and O–H groups in total. The van der Waals surface area contributed by atoms with E-state index >= 15 is 0 Å². The molecule has 0 radical (unpaired) electrons. The molecule has 6 nitrogen and oxygen atoms in total. The first-order chi connectivity index (χ1) is 7.66. The van der Waals surface area contributed by atoms with E-state index < -0.39 is 4.92 Å². The molecule has 0 saturated carbocycles. The van der Waals surface area contributed by atoms with Crippen molar-refractivity contribution in [1.29, 1.82) is 0 Å². The van der Waals surface area contributed by atoms with E-state index in [1.807, 2.05) is 0 Å². The minimum Gasteiger partial charge on any atom is -0.358 e. The maximum Gasteiger partial charge on any atom is 0.408 e. The lowest BCUT2D eigenvalue weighted by Gasteiger charge is -2.21. The molecule has 1 aromatic heterocycles. The average Bonchev–Trinajstić information content (AvgIpc) is 2.61. The number of halogens is 1. The van der Waals surface area contributed by atoms with Gasteiger partial charge in [0.1, 0.15) is 0 Å². The van der Waals surface area contributed by atoms with Crippen molar-refractivity contribution in [1.82, 2.24) is 15.1 Å². The minimum absolute atomic E-state index is 0.105. The van der Waals surface area contributed by atoms with Crippen LogP contribution in [-0.2, 0) is 6.54 Å². The Hall–Kier alpha value is -1.14. The molecule has 0 bridgehead atoms. The third kappa shape index (κ3) is 2.51. The molecule has 88 valence electrons. The van der Waals surface area contributed by atoms with E-state index in [4.69, 9.17) is 11.6 Å². The highest BCUT2D eigenvalue weighted by molar-refractivity contribution is 6.32. The van der Waals surface area contributed by atoms with Crippen molar-refractivity contribution in [3.8, 4) is 0 Å². The van der Waals surface area contributed by atoms with Crippen LogP contribution in [0.25, 0.3) is 0 Å². The smallest absolute Gasteiger partial charge is 0.358 e. The zero-order valence-electron chi connectivity index (χ0n) is 8.73. The summed E-state index contributed by atoms with van der Waals surface area (Å²) < 4.78 is 1.57. The highest BCUT2D eigenvalue weighted by Gasteiger charge is 2.21. The number of hydrogen-bond donors (Lipinski definition) is 1. The standard InChI is InChI=1S/C9H13ClN4O2/c10-8-6-13(12-9(8)14(15)16)5-7-2-1-3-11-4-7/h6-7,11H,1-5H2. The fraction of sp³-hybridized carbons (Fsp3) is 0.667. The molecule has 1 aliphatic rings. The van der Waals surface area contributed by atoms with E-state index in [0.717, 1.165) is 25.9 Å². The fourth-order valence-electron chi connectivity index (χ4n) is 1.95. The number of nitrogens with zero attached hydrogens (tertiary/aromatic N) is 3. The Balaban J connectivity index is 2.03. The predicted molar refractivity (Wildman–Crippen MR) is 59.5 cm³/mol. The molecule has 1 aromatic rings. The van der Waals surface area contributed by atoms with Crippen molar-refractivity contribution in [3.05, 3.63) is 21.3 Å². The molecule has 1 fully saturated rings. The number of hydrogen-bond acceptors (Lipinski definition) is 4. The summed E-state index contributed by atoms with van der Waals surface area (Å²) in [5.74, 6) is 0.217. The van der Waals surface area contributed by atoms with Crippen LogP contribution in [0.2, 0.25) is 5.02 Å². The Bertz CT molecular complexity index is 387. The SMILES string of the molecule is O=[N+]([O-])c1nn(CC2CCCNC2)cc1Cl. The van der Waals surface area contributed by atoms with Gasteiger partial charge < -0.3 is 15.4 Å². The van der Waals surface area contributed by atoms with E-state index in [2.05, 4.69) is 10.4 Å². The molecule has 2 heterocycles. The van der Waals surface area contributed by atoms with Crippen molar-refractivity contribution in [2.75, 3.05) is 13.1 Å². The van der Waals surface area contributed by atoms with Crippen molar-refractivity contribution < 1.29 is 4.92 Å². The van der Waals surface area contributed by atoms with Crippen LogP contribution in [0.1, 0.15) is 12.8 Å². The van der Waals surface area contributed by atoms with Gasteiger partial charge in [-0.1, -0.05) is 11.6 Å². The molecule has 0 aliphatic carbocycles. The zero-order chi connectivity index (χ0) is 11.5. The van der Waals surface area contributed by atoms with Gasteiger partial charge in [-0.15, -0.1) is 0 Å². The number of piperidine rings is 1. The minimum atomic E-state index is -0.558. The van der Waals surface area contributed by atoms with Gasteiger partial charge in [0.05, 0.1) is 17.8 Å². The fourth-order valence-corrected chi connectivity index (χ4v) is 2.17. The first kappa shape index (κ1) is 11.3. The van der Waals surface area contributed by atoms with E-state index in [-0.39, 0.29) is 10.8 Å². The molecule has 1 unspecified atom stereocenters. The Morgan fingerprint density at radius 1 is 1.75 bits per heavy atom. The second-order valence-corrected chi connectivity index (χ2v) is 4.40. The maximum atomic E-state index is 10.6. The summed E-state index contributed by atoms with van der Waals surface area (Å²) in [5, 5.41) is 17.8. The van der Waals surface area contributed by atoms with Crippen LogP contribution < -0.4 is 5.32 Å². The predicted octanol–water partition coefficient (Wildman–Crippen LogP) is 1.44. The van der Waals surface area contributed by atoms with Gasteiger partial charge in [-0.3, -0.25) is 0 Å². The second-order valence-electron chi connectivity index (χ2n) is 3.99. The normalized spacial score (nSPS) is 20.9. The number of aromatic nitrogens is 2. The Labute approximate surface area is 97.7 Å². The van der Waals surface area contributed by atoms with E-state index in [0.29, 0.717) is 12.5 Å². The topological polar surface area (TPSA) is 73.0 Å². The molecular formula is C9H13ClN4O2. The summed E-state index contributed by atoms with van der Waals surface area (Å²) in [6, 6.07) is 0. The van der Waals surface area contributed by atoms with Gasteiger partial charge in [-0.2, -0.15) is 4.68 Å². The third-order valence-corrected chi connectivity index (χ3v) is 2.98. The molecular weight excluding hydrogens is 232 g/mol. The molecule has 2 rings (SSSR count). The second kappa shape index (κ2) is 4.80. The quantitative estimate of drug-likeness (QED) is 0.645. The van der Waals surface area contributed by atoms with Crippen molar-refractivity contribution >= 4 is 17.4 Å². The zero-order valence-corrected chi connectivity index (χ0v) is 9.48. The van der Waals surface area contributed by atoms with Crippen molar-refractivity contribution in [3.63, 3.8) is 0 Å². The molecule has 0 spiro atoms. The van der Waals surface area contributed by atoms with E-state index in [9.17, 15) is 10.1 Å². The third-order valence-electron chi connectivity index (χ3n) is 2.72. The number of nitro groups is 1. The van der Waals surface area contributed by atoms with Crippen LogP contribution in [0.5, 0.6) is 0 Å². The summed E-state index contributed by atoms with van der Waals surface area (Å²) in [5.41, 5.74) is 0. The van der Waals surface area contributed by atoms with Gasteiger partial charge in [0.2, 0.25) is 0 Å². The lowest BCUT2D eigenvalue weighted by atomic mass is 10.00. The molecule has 0 amide bonds. The average molecular weight is 245 g/mol. The van der Waals surface area contributed by atoms with Gasteiger partial charge in [-0.25, -0.2) is 0 Å². The van der Waals surface area contributed by atoms with E-state index in [1.54, 1.807) is 4.68 Å². The van der Waals surface area contributed by atoms with Crippen LogP contribution in [0.15, 0.2) is 6.20 Å². The summed E-state index contributed by atoms with van der Waals surface area (Å²) >= 11 is 5.72. The molecule has 1 saturated heterocycles. The van der Waals surface area contributed by atoms with Crippen LogP contribution in [-0.4, -0.2) is 27.8 Å². The maximum absolute atomic E-state index is 10.6. The largest absolute Gasteiger partial charge is 0.408 e. The summed E-state index contributed by atoms with van der Waals surface area (Å²) in [4.78, 5) is 10.0.